The Morgan fingerprint density at radius 1 is 1.73 bits per heavy atom. The zero-order valence-electron chi connectivity index (χ0n) is 6.61. The lowest BCUT2D eigenvalue weighted by Crippen LogP contribution is -1.89. The topological polar surface area (TPSA) is 33.1 Å². The minimum Gasteiger partial charge on any atom is -0.383 e. The van der Waals surface area contributed by atoms with E-state index in [4.69, 9.17) is 0 Å². The van der Waals surface area contributed by atoms with Crippen LogP contribution in [0, 0.1) is 0 Å². The second-order valence-corrected chi connectivity index (χ2v) is 3.51. The van der Waals surface area contributed by atoms with Gasteiger partial charge in [0, 0.05) is 6.20 Å². The van der Waals surface area contributed by atoms with Gasteiger partial charge in [-0.2, -0.15) is 0 Å². The Morgan fingerprint density at radius 3 is 2.91 bits per heavy atom. The van der Waals surface area contributed by atoms with Crippen LogP contribution >= 0.6 is 11.3 Å². The first kappa shape index (κ1) is 8.43. The van der Waals surface area contributed by atoms with Crippen LogP contribution in [0.2, 0.25) is 0 Å². The predicted molar refractivity (Wildman–Crippen MR) is 46.5 cm³/mol. The van der Waals surface area contributed by atoms with Gasteiger partial charge in [-0.05, 0) is 13.8 Å². The van der Waals surface area contributed by atoms with Gasteiger partial charge in [-0.25, -0.2) is 0 Å². The van der Waals surface area contributed by atoms with E-state index in [0.717, 1.165) is 10.5 Å². The largest absolute Gasteiger partial charge is 0.383 e. The highest BCUT2D eigenvalue weighted by molar-refractivity contribution is 7.09. The third kappa shape index (κ3) is 2.44. The molecule has 0 aromatic carbocycles. The fourth-order valence-electron chi connectivity index (χ4n) is 0.770. The van der Waals surface area contributed by atoms with Gasteiger partial charge >= 0.3 is 0 Å². The number of rotatable bonds is 2. The number of aliphatic hydroxyl groups is 1. The van der Waals surface area contributed by atoms with Gasteiger partial charge in [-0.1, -0.05) is 11.6 Å². The molecule has 0 fully saturated rings. The smallest absolute Gasteiger partial charge is 0.108 e. The SMILES string of the molecule is CC(C)=CC(O)c1cncs1. The number of thiazole rings is 1. The van der Waals surface area contributed by atoms with Crippen LogP contribution in [-0.4, -0.2) is 10.1 Å². The summed E-state index contributed by atoms with van der Waals surface area (Å²) in [5.41, 5.74) is 2.84. The van der Waals surface area contributed by atoms with Crippen molar-refractivity contribution in [3.63, 3.8) is 0 Å². The first-order chi connectivity index (χ1) is 5.20. The summed E-state index contributed by atoms with van der Waals surface area (Å²) >= 11 is 1.47. The molecule has 60 valence electrons. The van der Waals surface area contributed by atoms with Crippen molar-refractivity contribution in [1.29, 1.82) is 0 Å². The lowest BCUT2D eigenvalue weighted by atomic mass is 10.2. The molecule has 2 nitrogen and oxygen atoms in total. The number of allylic oxidation sites excluding steroid dienone is 1. The van der Waals surface area contributed by atoms with Gasteiger partial charge in [0.1, 0.15) is 6.10 Å². The summed E-state index contributed by atoms with van der Waals surface area (Å²) in [5.74, 6) is 0. The third-order valence-corrected chi connectivity index (χ3v) is 2.08. The molecule has 1 atom stereocenters. The normalized spacial score (nSPS) is 12.6. The van der Waals surface area contributed by atoms with Crippen molar-refractivity contribution in [3.8, 4) is 0 Å². The maximum atomic E-state index is 9.47. The molecule has 0 aliphatic heterocycles. The highest BCUT2D eigenvalue weighted by Crippen LogP contribution is 2.18. The average Bonchev–Trinajstić information content (AvgIpc) is 2.35. The molecule has 1 N–H and O–H groups in total. The molecule has 0 aliphatic rings. The summed E-state index contributed by atoms with van der Waals surface area (Å²) in [6, 6.07) is 0. The number of hydrogen-bond donors (Lipinski definition) is 1. The second-order valence-electron chi connectivity index (χ2n) is 2.59. The van der Waals surface area contributed by atoms with Crippen molar-refractivity contribution in [1.82, 2.24) is 4.98 Å². The minimum absolute atomic E-state index is 0.479. The van der Waals surface area contributed by atoms with Crippen LogP contribution in [0.25, 0.3) is 0 Å². The summed E-state index contributed by atoms with van der Waals surface area (Å²) < 4.78 is 0. The Bertz CT molecular complexity index is 237. The van der Waals surface area contributed by atoms with Crippen LogP contribution in [0.15, 0.2) is 23.4 Å². The highest BCUT2D eigenvalue weighted by atomic mass is 32.1. The molecular formula is C8H11NOS. The van der Waals surface area contributed by atoms with Gasteiger partial charge in [-0.15, -0.1) is 11.3 Å². The van der Waals surface area contributed by atoms with Crippen molar-refractivity contribution < 1.29 is 5.11 Å². The molecule has 1 aromatic heterocycles. The van der Waals surface area contributed by atoms with Crippen LogP contribution < -0.4 is 0 Å². The molecule has 1 rings (SSSR count). The second kappa shape index (κ2) is 3.64. The fourth-order valence-corrected chi connectivity index (χ4v) is 1.34. The summed E-state index contributed by atoms with van der Waals surface area (Å²) in [7, 11) is 0. The van der Waals surface area contributed by atoms with Crippen molar-refractivity contribution in [2.45, 2.75) is 20.0 Å². The van der Waals surface area contributed by atoms with Gasteiger partial charge in [0.25, 0.3) is 0 Å². The number of nitrogens with zero attached hydrogens (tertiary/aromatic N) is 1. The van der Waals surface area contributed by atoms with Gasteiger partial charge in [0.2, 0.25) is 0 Å². The predicted octanol–water partition coefficient (Wildman–Crippen LogP) is 2.14. The summed E-state index contributed by atoms with van der Waals surface area (Å²) in [6.45, 7) is 3.93. The van der Waals surface area contributed by atoms with Crippen molar-refractivity contribution in [2.75, 3.05) is 0 Å². The quantitative estimate of drug-likeness (QED) is 0.688. The molecule has 11 heavy (non-hydrogen) atoms. The molecule has 0 saturated heterocycles. The van der Waals surface area contributed by atoms with Gasteiger partial charge in [-0.3, -0.25) is 4.98 Å². The van der Waals surface area contributed by atoms with E-state index in [1.807, 2.05) is 19.9 Å². The molecule has 1 heterocycles. The molecule has 0 bridgehead atoms. The third-order valence-electron chi connectivity index (χ3n) is 1.23. The van der Waals surface area contributed by atoms with E-state index in [0.29, 0.717) is 0 Å². The molecule has 1 unspecified atom stereocenters. The van der Waals surface area contributed by atoms with Crippen molar-refractivity contribution in [2.24, 2.45) is 0 Å². The molecule has 1 aromatic rings. The first-order valence-corrected chi connectivity index (χ1v) is 4.29. The standard InChI is InChI=1S/C8H11NOS/c1-6(2)3-7(10)8-4-9-5-11-8/h3-5,7,10H,1-2H3. The Balaban J connectivity index is 2.71. The fraction of sp³-hybridized carbons (Fsp3) is 0.375. The zero-order chi connectivity index (χ0) is 8.27. The molecule has 0 spiro atoms. The minimum atomic E-state index is -0.479. The van der Waals surface area contributed by atoms with E-state index >= 15 is 0 Å². The van der Waals surface area contributed by atoms with E-state index < -0.39 is 6.10 Å². The van der Waals surface area contributed by atoms with Gasteiger partial charge < -0.3 is 5.11 Å². The van der Waals surface area contributed by atoms with Crippen LogP contribution in [0.4, 0.5) is 0 Å². The number of aromatic nitrogens is 1. The Labute approximate surface area is 70.2 Å². The van der Waals surface area contributed by atoms with Crippen LogP contribution in [0.5, 0.6) is 0 Å². The van der Waals surface area contributed by atoms with E-state index in [-0.39, 0.29) is 0 Å². The summed E-state index contributed by atoms with van der Waals surface area (Å²) in [5, 5.41) is 9.47. The van der Waals surface area contributed by atoms with Crippen LogP contribution in [0.3, 0.4) is 0 Å². The number of aliphatic hydroxyl groups excluding tert-OH is 1. The Hall–Kier alpha value is -0.670. The maximum Gasteiger partial charge on any atom is 0.108 e. The van der Waals surface area contributed by atoms with E-state index in [1.54, 1.807) is 11.7 Å². The number of hydrogen-bond acceptors (Lipinski definition) is 3. The maximum absolute atomic E-state index is 9.47. The highest BCUT2D eigenvalue weighted by Gasteiger charge is 2.03. The van der Waals surface area contributed by atoms with Crippen molar-refractivity contribution >= 4 is 11.3 Å². The summed E-state index contributed by atoms with van der Waals surface area (Å²) in [4.78, 5) is 4.77. The molecule has 0 saturated carbocycles. The molecule has 0 radical (unpaired) electrons. The van der Waals surface area contributed by atoms with Crippen LogP contribution in [0.1, 0.15) is 24.8 Å². The molecule has 0 amide bonds. The lowest BCUT2D eigenvalue weighted by Gasteiger charge is -2.00. The molecule has 0 aliphatic carbocycles. The van der Waals surface area contributed by atoms with E-state index in [2.05, 4.69) is 4.98 Å². The molecule has 3 heteroatoms. The van der Waals surface area contributed by atoms with Crippen LogP contribution in [-0.2, 0) is 0 Å². The zero-order valence-corrected chi connectivity index (χ0v) is 7.43. The Kier molecular flexibility index (Phi) is 2.79. The summed E-state index contributed by atoms with van der Waals surface area (Å²) in [6.07, 6.45) is 3.02. The first-order valence-electron chi connectivity index (χ1n) is 3.41. The Morgan fingerprint density at radius 2 is 2.45 bits per heavy atom. The average molecular weight is 169 g/mol. The van der Waals surface area contributed by atoms with E-state index in [1.165, 1.54) is 11.3 Å². The lowest BCUT2D eigenvalue weighted by molar-refractivity contribution is 0.231. The molecular weight excluding hydrogens is 158 g/mol. The van der Waals surface area contributed by atoms with Gasteiger partial charge in [0.05, 0.1) is 10.4 Å². The van der Waals surface area contributed by atoms with Gasteiger partial charge in [0.15, 0.2) is 0 Å². The van der Waals surface area contributed by atoms with Crippen molar-refractivity contribution in [3.05, 3.63) is 28.2 Å². The van der Waals surface area contributed by atoms with E-state index in [9.17, 15) is 5.11 Å². The monoisotopic (exact) mass is 169 g/mol.